The second kappa shape index (κ2) is 10.1. The third-order valence-corrected chi connectivity index (χ3v) is 4.83. The van der Waals surface area contributed by atoms with Gasteiger partial charge >= 0.3 is 0 Å². The van der Waals surface area contributed by atoms with E-state index < -0.39 is 0 Å². The minimum atomic E-state index is -0.321. The van der Waals surface area contributed by atoms with Crippen molar-refractivity contribution < 1.29 is 4.39 Å². The minimum absolute atomic E-state index is 0. The SMILES string of the molecule is CN=C(NCCc1ccc(F)cc1Cl)NCc1nc(C)c(C)s1.I. The van der Waals surface area contributed by atoms with Crippen molar-refractivity contribution in [1.82, 2.24) is 15.6 Å². The Morgan fingerprint density at radius 2 is 2.08 bits per heavy atom. The number of thiazole rings is 1. The molecule has 1 aromatic heterocycles. The summed E-state index contributed by atoms with van der Waals surface area (Å²) in [5, 5.41) is 7.92. The Morgan fingerprint density at radius 3 is 2.67 bits per heavy atom. The number of nitrogens with one attached hydrogen (secondary N) is 2. The lowest BCUT2D eigenvalue weighted by Crippen LogP contribution is -2.37. The largest absolute Gasteiger partial charge is 0.356 e. The lowest BCUT2D eigenvalue weighted by atomic mass is 10.1. The third-order valence-electron chi connectivity index (χ3n) is 3.41. The van der Waals surface area contributed by atoms with Crippen LogP contribution in [0.4, 0.5) is 4.39 Å². The van der Waals surface area contributed by atoms with Crippen molar-refractivity contribution in [2.75, 3.05) is 13.6 Å². The molecule has 24 heavy (non-hydrogen) atoms. The summed E-state index contributed by atoms with van der Waals surface area (Å²) in [6, 6.07) is 4.45. The van der Waals surface area contributed by atoms with Crippen molar-refractivity contribution in [3.63, 3.8) is 0 Å². The number of guanidine groups is 1. The Hall–Kier alpha value is -0.930. The zero-order valence-corrected chi connectivity index (χ0v) is 17.7. The molecule has 0 aliphatic rings. The number of halogens is 3. The number of nitrogens with zero attached hydrogens (tertiary/aromatic N) is 2. The molecule has 2 rings (SSSR count). The van der Waals surface area contributed by atoms with E-state index in [1.54, 1.807) is 24.5 Å². The van der Waals surface area contributed by atoms with Crippen LogP contribution in [-0.4, -0.2) is 24.5 Å². The normalized spacial score (nSPS) is 11.1. The number of hydrogen-bond acceptors (Lipinski definition) is 3. The van der Waals surface area contributed by atoms with Gasteiger partial charge in [0.2, 0.25) is 0 Å². The molecule has 0 radical (unpaired) electrons. The van der Waals surface area contributed by atoms with Crippen LogP contribution in [0.1, 0.15) is 21.1 Å². The number of aryl methyl sites for hydroxylation is 2. The van der Waals surface area contributed by atoms with Gasteiger partial charge in [-0.05, 0) is 38.0 Å². The number of benzene rings is 1. The molecule has 8 heteroatoms. The van der Waals surface area contributed by atoms with Gasteiger partial charge in [0.25, 0.3) is 0 Å². The fourth-order valence-corrected chi connectivity index (χ4v) is 3.17. The first kappa shape index (κ1) is 21.1. The predicted molar refractivity (Wildman–Crippen MR) is 110 cm³/mol. The molecular formula is C16H21ClFIN4S. The van der Waals surface area contributed by atoms with Crippen LogP contribution in [0.2, 0.25) is 5.02 Å². The fraction of sp³-hybridized carbons (Fsp3) is 0.375. The van der Waals surface area contributed by atoms with E-state index in [0.29, 0.717) is 30.5 Å². The molecule has 4 nitrogen and oxygen atoms in total. The van der Waals surface area contributed by atoms with Crippen LogP contribution in [0.15, 0.2) is 23.2 Å². The van der Waals surface area contributed by atoms with Gasteiger partial charge in [-0.15, -0.1) is 35.3 Å². The molecule has 0 amide bonds. The summed E-state index contributed by atoms with van der Waals surface area (Å²) < 4.78 is 13.0. The Labute approximate surface area is 168 Å². The Balaban J connectivity index is 0.00000288. The van der Waals surface area contributed by atoms with Gasteiger partial charge in [0, 0.05) is 23.5 Å². The van der Waals surface area contributed by atoms with Crippen LogP contribution in [0.5, 0.6) is 0 Å². The zero-order chi connectivity index (χ0) is 16.8. The smallest absolute Gasteiger partial charge is 0.191 e. The number of rotatable bonds is 5. The lowest BCUT2D eigenvalue weighted by molar-refractivity contribution is 0.627. The topological polar surface area (TPSA) is 49.3 Å². The van der Waals surface area contributed by atoms with Crippen LogP contribution in [0.3, 0.4) is 0 Å². The highest BCUT2D eigenvalue weighted by Crippen LogP contribution is 2.17. The molecular weight excluding hydrogens is 462 g/mol. The quantitative estimate of drug-likeness (QED) is 0.384. The van der Waals surface area contributed by atoms with Gasteiger partial charge in [0.05, 0.1) is 12.2 Å². The van der Waals surface area contributed by atoms with Crippen LogP contribution >= 0.6 is 46.9 Å². The molecule has 0 spiro atoms. The summed E-state index contributed by atoms with van der Waals surface area (Å²) in [6.07, 6.45) is 0.690. The van der Waals surface area contributed by atoms with Crippen molar-refractivity contribution in [3.05, 3.63) is 50.2 Å². The van der Waals surface area contributed by atoms with Gasteiger partial charge in [-0.2, -0.15) is 0 Å². The van der Waals surface area contributed by atoms with Crippen molar-refractivity contribution in [3.8, 4) is 0 Å². The molecule has 2 aromatic rings. The molecule has 0 bridgehead atoms. The second-order valence-corrected chi connectivity index (χ2v) is 6.78. The Kier molecular flexibility index (Phi) is 8.93. The summed E-state index contributed by atoms with van der Waals surface area (Å²) in [5.41, 5.74) is 1.97. The summed E-state index contributed by atoms with van der Waals surface area (Å²) in [6.45, 7) is 5.36. The first-order valence-electron chi connectivity index (χ1n) is 7.31. The molecule has 132 valence electrons. The maximum atomic E-state index is 13.0. The average Bonchev–Trinajstić information content (AvgIpc) is 2.83. The summed E-state index contributed by atoms with van der Waals surface area (Å²) in [4.78, 5) is 9.89. The monoisotopic (exact) mass is 482 g/mol. The van der Waals surface area contributed by atoms with E-state index in [-0.39, 0.29) is 29.8 Å². The Morgan fingerprint density at radius 1 is 1.33 bits per heavy atom. The maximum Gasteiger partial charge on any atom is 0.191 e. The van der Waals surface area contributed by atoms with Crippen molar-refractivity contribution >= 4 is 52.9 Å². The highest BCUT2D eigenvalue weighted by Gasteiger charge is 2.06. The average molecular weight is 483 g/mol. The number of aliphatic imine (C=N–C) groups is 1. The molecule has 0 unspecified atom stereocenters. The lowest BCUT2D eigenvalue weighted by Gasteiger charge is -2.11. The van der Waals surface area contributed by atoms with E-state index in [1.807, 2.05) is 6.92 Å². The number of hydrogen-bond donors (Lipinski definition) is 2. The van der Waals surface area contributed by atoms with E-state index in [2.05, 4.69) is 27.5 Å². The highest BCUT2D eigenvalue weighted by atomic mass is 127. The van der Waals surface area contributed by atoms with Gasteiger partial charge in [-0.3, -0.25) is 4.99 Å². The molecule has 0 fully saturated rings. The summed E-state index contributed by atoms with van der Waals surface area (Å²) >= 11 is 7.70. The van der Waals surface area contributed by atoms with E-state index in [4.69, 9.17) is 11.6 Å². The molecule has 0 aliphatic heterocycles. The van der Waals surface area contributed by atoms with E-state index >= 15 is 0 Å². The zero-order valence-electron chi connectivity index (χ0n) is 13.8. The first-order chi connectivity index (χ1) is 11.0. The van der Waals surface area contributed by atoms with Crippen molar-refractivity contribution in [1.29, 1.82) is 0 Å². The molecule has 2 N–H and O–H groups in total. The molecule has 1 aromatic carbocycles. The van der Waals surface area contributed by atoms with Gasteiger partial charge in [-0.25, -0.2) is 9.37 Å². The van der Waals surface area contributed by atoms with Crippen molar-refractivity contribution in [2.24, 2.45) is 4.99 Å². The van der Waals surface area contributed by atoms with Crippen LogP contribution in [-0.2, 0) is 13.0 Å². The van der Waals surface area contributed by atoms with Gasteiger partial charge < -0.3 is 10.6 Å². The molecule has 0 saturated carbocycles. The second-order valence-electron chi connectivity index (χ2n) is 5.09. The number of aromatic nitrogens is 1. The van der Waals surface area contributed by atoms with Gasteiger partial charge in [0.15, 0.2) is 5.96 Å². The van der Waals surface area contributed by atoms with E-state index in [1.165, 1.54) is 17.0 Å². The van der Waals surface area contributed by atoms with Crippen molar-refractivity contribution in [2.45, 2.75) is 26.8 Å². The third kappa shape index (κ3) is 6.18. The maximum absolute atomic E-state index is 13.0. The Bertz CT molecular complexity index is 686. The molecule has 0 saturated heterocycles. The van der Waals surface area contributed by atoms with E-state index in [9.17, 15) is 4.39 Å². The standard InChI is InChI=1S/C16H20ClFN4S.HI/c1-10-11(2)23-15(22-10)9-21-16(19-3)20-7-6-12-4-5-13(18)8-14(12)17;/h4-5,8H,6-7,9H2,1-3H3,(H2,19,20,21);1H. The summed E-state index contributed by atoms with van der Waals surface area (Å²) in [7, 11) is 1.72. The minimum Gasteiger partial charge on any atom is -0.356 e. The van der Waals surface area contributed by atoms with Crippen LogP contribution < -0.4 is 10.6 Å². The molecule has 1 heterocycles. The molecule has 0 aliphatic carbocycles. The first-order valence-corrected chi connectivity index (χ1v) is 8.50. The van der Waals surface area contributed by atoms with Crippen LogP contribution in [0.25, 0.3) is 0 Å². The summed E-state index contributed by atoms with van der Waals surface area (Å²) in [5.74, 6) is 0.381. The predicted octanol–water partition coefficient (Wildman–Crippen LogP) is 4.08. The fourth-order valence-electron chi connectivity index (χ4n) is 2.03. The van der Waals surface area contributed by atoms with E-state index in [0.717, 1.165) is 16.3 Å². The van der Waals surface area contributed by atoms with Gasteiger partial charge in [0.1, 0.15) is 10.8 Å². The van der Waals surface area contributed by atoms with Crippen LogP contribution in [0, 0.1) is 19.7 Å². The molecule has 0 atom stereocenters. The highest BCUT2D eigenvalue weighted by molar-refractivity contribution is 14.0. The van der Waals surface area contributed by atoms with Gasteiger partial charge in [-0.1, -0.05) is 17.7 Å².